The molecule has 0 radical (unpaired) electrons. The first-order valence-corrected chi connectivity index (χ1v) is 4.38. The van der Waals surface area contributed by atoms with E-state index in [0.29, 0.717) is 0 Å². The van der Waals surface area contributed by atoms with Gasteiger partial charge in [-0.3, -0.25) is 10.1 Å². The summed E-state index contributed by atoms with van der Waals surface area (Å²) in [6, 6.07) is 0. The van der Waals surface area contributed by atoms with Crippen molar-refractivity contribution in [3.8, 4) is 0 Å². The maximum Gasteiger partial charge on any atom is 0.301 e. The highest BCUT2D eigenvalue weighted by molar-refractivity contribution is 9.10. The van der Waals surface area contributed by atoms with Crippen LogP contribution < -0.4 is 0 Å². The van der Waals surface area contributed by atoms with Gasteiger partial charge in [-0.1, -0.05) is 11.6 Å². The smallest absolute Gasteiger partial charge is 0.258 e. The summed E-state index contributed by atoms with van der Waals surface area (Å²) in [5, 5.41) is 10.0. The van der Waals surface area contributed by atoms with Crippen molar-refractivity contribution in [2.24, 2.45) is 0 Å². The highest BCUT2D eigenvalue weighted by Crippen LogP contribution is 2.38. The zero-order chi connectivity index (χ0) is 10.9. The topological polar surface area (TPSA) is 56.0 Å². The van der Waals surface area contributed by atoms with Crippen LogP contribution in [0, 0.1) is 10.1 Å². The molecular weight excluding hydrogens is 285 g/mol. The number of rotatable bonds is 2. The molecule has 0 amide bonds. The number of pyridine rings is 1. The van der Waals surface area contributed by atoms with Gasteiger partial charge in [0.1, 0.15) is 15.2 Å². The molecule has 0 aromatic carbocycles. The van der Waals surface area contributed by atoms with Crippen LogP contribution in [0.25, 0.3) is 0 Å². The van der Waals surface area contributed by atoms with Gasteiger partial charge >= 0.3 is 5.69 Å². The highest BCUT2D eigenvalue weighted by Gasteiger charge is 2.28. The molecule has 0 aliphatic heterocycles. The van der Waals surface area contributed by atoms with E-state index in [-0.39, 0.29) is 4.60 Å². The van der Waals surface area contributed by atoms with Crippen molar-refractivity contribution in [1.82, 2.24) is 4.98 Å². The van der Waals surface area contributed by atoms with E-state index >= 15 is 0 Å². The molecule has 0 atom stereocenters. The normalized spacial score (nSPS) is 10.6. The lowest BCUT2D eigenvalue weighted by Crippen LogP contribution is -1.99. The summed E-state index contributed by atoms with van der Waals surface area (Å²) in [5.41, 5.74) is -1.62. The van der Waals surface area contributed by atoms with Crippen molar-refractivity contribution in [3.05, 3.63) is 31.5 Å². The molecule has 0 spiro atoms. The standard InChI is InChI=1S/C6H2BrClF2N2O2/c7-5-3(6(9)10)4(12(13)14)2(8)1-11-5/h1,6H. The van der Waals surface area contributed by atoms with Gasteiger partial charge in [-0.25, -0.2) is 13.8 Å². The molecule has 0 bridgehead atoms. The minimum atomic E-state index is -3.00. The van der Waals surface area contributed by atoms with Crippen molar-refractivity contribution < 1.29 is 13.7 Å². The van der Waals surface area contributed by atoms with Gasteiger partial charge in [-0.15, -0.1) is 0 Å². The van der Waals surface area contributed by atoms with Crippen molar-refractivity contribution in [1.29, 1.82) is 0 Å². The fourth-order valence-electron chi connectivity index (χ4n) is 0.849. The van der Waals surface area contributed by atoms with Crippen LogP contribution in [0.1, 0.15) is 12.0 Å². The molecule has 8 heteroatoms. The Labute approximate surface area is 90.2 Å². The van der Waals surface area contributed by atoms with Crippen LogP contribution in [0.3, 0.4) is 0 Å². The maximum atomic E-state index is 12.4. The Hall–Kier alpha value is -0.820. The molecule has 1 aromatic rings. The summed E-state index contributed by atoms with van der Waals surface area (Å²) in [6.07, 6.45) is -2.06. The van der Waals surface area contributed by atoms with E-state index in [1.165, 1.54) is 0 Å². The predicted octanol–water partition coefficient (Wildman–Crippen LogP) is 3.34. The summed E-state index contributed by atoms with van der Waals surface area (Å²) in [5.74, 6) is 0. The first-order valence-electron chi connectivity index (χ1n) is 3.21. The Morgan fingerprint density at radius 3 is 2.57 bits per heavy atom. The van der Waals surface area contributed by atoms with Crippen LogP contribution in [-0.4, -0.2) is 9.91 Å². The molecule has 4 nitrogen and oxygen atoms in total. The van der Waals surface area contributed by atoms with Gasteiger partial charge in [0.15, 0.2) is 0 Å². The number of nitrogens with zero attached hydrogens (tertiary/aromatic N) is 2. The van der Waals surface area contributed by atoms with Gasteiger partial charge in [0.05, 0.1) is 11.1 Å². The maximum absolute atomic E-state index is 12.4. The molecule has 1 rings (SSSR count). The molecule has 0 aliphatic carbocycles. The summed E-state index contributed by atoms with van der Waals surface area (Å²) in [4.78, 5) is 12.9. The average molecular weight is 287 g/mol. The molecule has 1 heterocycles. The minimum absolute atomic E-state index is 0.274. The lowest BCUT2D eigenvalue weighted by atomic mass is 10.2. The minimum Gasteiger partial charge on any atom is -0.258 e. The van der Waals surface area contributed by atoms with Crippen LogP contribution >= 0.6 is 27.5 Å². The SMILES string of the molecule is O=[N+]([O-])c1c(Cl)cnc(Br)c1C(F)F. The van der Waals surface area contributed by atoms with Crippen LogP contribution in [0.2, 0.25) is 5.02 Å². The van der Waals surface area contributed by atoms with Gasteiger partial charge in [0.25, 0.3) is 6.43 Å². The van der Waals surface area contributed by atoms with Gasteiger partial charge in [0.2, 0.25) is 0 Å². The zero-order valence-electron chi connectivity index (χ0n) is 6.38. The lowest BCUT2D eigenvalue weighted by molar-refractivity contribution is -0.386. The van der Waals surface area contributed by atoms with E-state index in [4.69, 9.17) is 11.6 Å². The number of halogens is 4. The first-order chi connectivity index (χ1) is 6.45. The van der Waals surface area contributed by atoms with Crippen LogP contribution in [0.5, 0.6) is 0 Å². The molecule has 1 aromatic heterocycles. The molecule has 0 aliphatic rings. The van der Waals surface area contributed by atoms with Gasteiger partial charge < -0.3 is 0 Å². The number of nitro groups is 1. The quantitative estimate of drug-likeness (QED) is 0.476. The summed E-state index contributed by atoms with van der Waals surface area (Å²) in [7, 11) is 0. The third-order valence-electron chi connectivity index (χ3n) is 1.40. The Kier molecular flexibility index (Phi) is 3.33. The monoisotopic (exact) mass is 286 g/mol. The number of aromatic nitrogens is 1. The van der Waals surface area contributed by atoms with Crippen LogP contribution in [0.4, 0.5) is 14.5 Å². The van der Waals surface area contributed by atoms with Crippen LogP contribution in [0.15, 0.2) is 10.8 Å². The van der Waals surface area contributed by atoms with Gasteiger partial charge in [-0.2, -0.15) is 0 Å². The van der Waals surface area contributed by atoms with Gasteiger partial charge in [-0.05, 0) is 15.9 Å². The van der Waals surface area contributed by atoms with Gasteiger partial charge in [0, 0.05) is 0 Å². The van der Waals surface area contributed by atoms with E-state index in [1.54, 1.807) is 0 Å². The molecule has 76 valence electrons. The molecule has 14 heavy (non-hydrogen) atoms. The van der Waals surface area contributed by atoms with Crippen molar-refractivity contribution in [2.75, 3.05) is 0 Å². The number of hydrogen-bond donors (Lipinski definition) is 0. The second-order valence-electron chi connectivity index (χ2n) is 2.22. The number of alkyl halides is 2. The summed E-state index contributed by atoms with van der Waals surface area (Å²) in [6.45, 7) is 0. The molecular formula is C6H2BrClF2N2O2. The highest BCUT2D eigenvalue weighted by atomic mass is 79.9. The van der Waals surface area contributed by atoms with E-state index in [2.05, 4.69) is 20.9 Å². The zero-order valence-corrected chi connectivity index (χ0v) is 8.72. The van der Waals surface area contributed by atoms with E-state index in [1.807, 2.05) is 0 Å². The molecule has 0 saturated heterocycles. The van der Waals surface area contributed by atoms with E-state index in [9.17, 15) is 18.9 Å². The van der Waals surface area contributed by atoms with Crippen molar-refractivity contribution in [3.63, 3.8) is 0 Å². The molecule has 0 saturated carbocycles. The third kappa shape index (κ3) is 1.98. The van der Waals surface area contributed by atoms with Crippen molar-refractivity contribution in [2.45, 2.75) is 6.43 Å². The Balaban J connectivity index is 3.50. The summed E-state index contributed by atoms with van der Waals surface area (Å²) >= 11 is 8.08. The average Bonchev–Trinajstić information content (AvgIpc) is 2.07. The molecule has 0 unspecified atom stereocenters. The number of hydrogen-bond acceptors (Lipinski definition) is 3. The second-order valence-corrected chi connectivity index (χ2v) is 3.38. The Morgan fingerprint density at radius 2 is 2.21 bits per heavy atom. The molecule has 0 fully saturated rings. The Morgan fingerprint density at radius 1 is 1.64 bits per heavy atom. The Bertz CT molecular complexity index is 388. The molecule has 0 N–H and O–H groups in total. The largest absolute Gasteiger partial charge is 0.301 e. The fraction of sp³-hybridized carbons (Fsp3) is 0.167. The van der Waals surface area contributed by atoms with E-state index in [0.717, 1.165) is 6.20 Å². The lowest BCUT2D eigenvalue weighted by Gasteiger charge is -2.04. The summed E-state index contributed by atoms with van der Waals surface area (Å²) < 4.78 is 24.5. The van der Waals surface area contributed by atoms with Crippen LogP contribution in [-0.2, 0) is 0 Å². The first kappa shape index (κ1) is 11.3. The predicted molar refractivity (Wildman–Crippen MR) is 48.6 cm³/mol. The third-order valence-corrected chi connectivity index (χ3v) is 2.30. The van der Waals surface area contributed by atoms with Crippen molar-refractivity contribution >= 4 is 33.2 Å². The van der Waals surface area contributed by atoms with E-state index < -0.39 is 27.6 Å². The second kappa shape index (κ2) is 4.14. The fourth-order valence-corrected chi connectivity index (χ4v) is 1.53.